The zero-order chi connectivity index (χ0) is 12.4. The van der Waals surface area contributed by atoms with Crippen LogP contribution in [0.4, 0.5) is 14.5 Å². The Morgan fingerprint density at radius 3 is 2.53 bits per heavy atom. The van der Waals surface area contributed by atoms with E-state index in [4.69, 9.17) is 5.11 Å². The van der Waals surface area contributed by atoms with E-state index in [1.165, 1.54) is 0 Å². The first-order valence-electron chi connectivity index (χ1n) is 4.95. The molecule has 0 radical (unpaired) electrons. The van der Waals surface area contributed by atoms with Crippen LogP contribution >= 0.6 is 0 Å². The summed E-state index contributed by atoms with van der Waals surface area (Å²) in [5, 5.41) is 15.8. The Kier molecular flexibility index (Phi) is 2.95. The van der Waals surface area contributed by atoms with E-state index in [1.54, 1.807) is 24.1 Å². The zero-order valence-corrected chi connectivity index (χ0v) is 9.11. The average molecular weight is 239 g/mol. The Bertz CT molecular complexity index is 516. The molecule has 17 heavy (non-hydrogen) atoms. The lowest BCUT2D eigenvalue weighted by atomic mass is 10.2. The van der Waals surface area contributed by atoms with Crippen LogP contribution in [-0.2, 0) is 13.6 Å². The van der Waals surface area contributed by atoms with Crippen LogP contribution in [0.15, 0.2) is 24.5 Å². The van der Waals surface area contributed by atoms with Gasteiger partial charge in [0, 0.05) is 19.8 Å². The number of hydrogen-bond donors (Lipinski definition) is 2. The predicted molar refractivity (Wildman–Crippen MR) is 58.6 cm³/mol. The normalized spacial score (nSPS) is 10.5. The predicted octanol–water partition coefficient (Wildman–Crippen LogP) is 2.02. The fraction of sp³-hybridized carbons (Fsp3) is 0.182. The molecule has 0 amide bonds. The van der Waals surface area contributed by atoms with Crippen LogP contribution in [0.2, 0.25) is 0 Å². The van der Waals surface area contributed by atoms with E-state index >= 15 is 0 Å². The molecule has 6 heteroatoms. The maximum atomic E-state index is 13.0. The molecule has 4 nitrogen and oxygen atoms in total. The number of anilines is 1. The molecule has 90 valence electrons. The second-order valence-corrected chi connectivity index (χ2v) is 3.66. The van der Waals surface area contributed by atoms with Gasteiger partial charge in [-0.05, 0) is 17.7 Å². The van der Waals surface area contributed by atoms with Crippen molar-refractivity contribution >= 4 is 5.69 Å². The van der Waals surface area contributed by atoms with Crippen molar-refractivity contribution in [1.82, 2.24) is 9.78 Å². The largest absolute Gasteiger partial charge is 0.503 e. The lowest BCUT2D eigenvalue weighted by molar-refractivity contribution is 0.395. The van der Waals surface area contributed by atoms with Crippen LogP contribution in [0.1, 0.15) is 5.56 Å². The van der Waals surface area contributed by atoms with Crippen LogP contribution in [0, 0.1) is 11.6 Å². The summed E-state index contributed by atoms with van der Waals surface area (Å²) in [5.41, 5.74) is 1.16. The highest BCUT2D eigenvalue weighted by molar-refractivity contribution is 5.40. The van der Waals surface area contributed by atoms with Gasteiger partial charge in [-0.25, -0.2) is 8.78 Å². The van der Waals surface area contributed by atoms with Crippen LogP contribution in [0.25, 0.3) is 0 Å². The van der Waals surface area contributed by atoms with E-state index in [2.05, 4.69) is 10.4 Å². The molecule has 0 saturated carbocycles. The van der Waals surface area contributed by atoms with Crippen molar-refractivity contribution in [3.8, 4) is 5.75 Å². The smallest absolute Gasteiger partial charge is 0.187 e. The third-order valence-corrected chi connectivity index (χ3v) is 2.28. The minimum atomic E-state index is -0.965. The minimum absolute atomic E-state index is 0.250. The van der Waals surface area contributed by atoms with Gasteiger partial charge in [-0.3, -0.25) is 4.68 Å². The first-order chi connectivity index (χ1) is 8.06. The van der Waals surface area contributed by atoms with Crippen molar-refractivity contribution in [2.24, 2.45) is 7.05 Å². The molecule has 1 aromatic carbocycles. The molecule has 2 N–H and O–H groups in total. The summed E-state index contributed by atoms with van der Waals surface area (Å²) in [6.07, 6.45) is 3.35. The number of aryl methyl sites for hydroxylation is 1. The van der Waals surface area contributed by atoms with Crippen molar-refractivity contribution in [3.05, 3.63) is 41.7 Å². The lowest BCUT2D eigenvalue weighted by Crippen LogP contribution is -2.00. The number of phenolic OH excluding ortho intramolecular Hbond substituents is 1. The molecule has 0 aliphatic heterocycles. The average Bonchev–Trinajstić information content (AvgIpc) is 2.69. The fourth-order valence-corrected chi connectivity index (χ4v) is 1.44. The van der Waals surface area contributed by atoms with Crippen molar-refractivity contribution < 1.29 is 13.9 Å². The third-order valence-electron chi connectivity index (χ3n) is 2.28. The van der Waals surface area contributed by atoms with E-state index < -0.39 is 17.4 Å². The van der Waals surface area contributed by atoms with Gasteiger partial charge in [0.2, 0.25) is 0 Å². The van der Waals surface area contributed by atoms with Crippen LogP contribution in [0.3, 0.4) is 0 Å². The highest BCUT2D eigenvalue weighted by Gasteiger charge is 2.09. The zero-order valence-electron chi connectivity index (χ0n) is 9.11. The van der Waals surface area contributed by atoms with Crippen molar-refractivity contribution in [2.75, 3.05) is 5.32 Å². The molecule has 0 aliphatic carbocycles. The van der Waals surface area contributed by atoms with E-state index in [-0.39, 0.29) is 6.54 Å². The summed E-state index contributed by atoms with van der Waals surface area (Å²) in [6.45, 7) is 0.250. The molecule has 0 aliphatic rings. The monoisotopic (exact) mass is 239 g/mol. The maximum Gasteiger partial charge on any atom is 0.187 e. The molecule has 0 bridgehead atoms. The SMILES string of the molecule is Cn1cc(NCc2cc(F)c(O)c(F)c2)cn1. The molecular weight excluding hydrogens is 228 g/mol. The number of phenols is 1. The van der Waals surface area contributed by atoms with Gasteiger partial charge in [0.25, 0.3) is 0 Å². The molecule has 0 saturated heterocycles. The summed E-state index contributed by atoms with van der Waals surface area (Å²) in [5.74, 6) is -2.88. The van der Waals surface area contributed by atoms with E-state index in [0.29, 0.717) is 5.56 Å². The summed E-state index contributed by atoms with van der Waals surface area (Å²) in [6, 6.07) is 2.17. The number of aromatic hydroxyl groups is 1. The van der Waals surface area contributed by atoms with Crippen molar-refractivity contribution in [1.29, 1.82) is 0 Å². The van der Waals surface area contributed by atoms with Crippen LogP contribution < -0.4 is 5.32 Å². The highest BCUT2D eigenvalue weighted by Crippen LogP contribution is 2.21. The lowest BCUT2D eigenvalue weighted by Gasteiger charge is -2.05. The van der Waals surface area contributed by atoms with Crippen molar-refractivity contribution in [3.63, 3.8) is 0 Å². The molecule has 0 unspecified atom stereocenters. The molecule has 2 aromatic rings. The summed E-state index contributed by atoms with van der Waals surface area (Å²) < 4.78 is 27.7. The number of benzene rings is 1. The molecule has 0 fully saturated rings. The van der Waals surface area contributed by atoms with Gasteiger partial charge < -0.3 is 10.4 Å². The number of rotatable bonds is 3. The highest BCUT2D eigenvalue weighted by atomic mass is 19.1. The van der Waals surface area contributed by atoms with E-state index in [1.807, 2.05) is 0 Å². The molecule has 0 spiro atoms. The van der Waals surface area contributed by atoms with Gasteiger partial charge in [0.15, 0.2) is 17.4 Å². The molecular formula is C11H11F2N3O. The van der Waals surface area contributed by atoms with Crippen LogP contribution in [0.5, 0.6) is 5.75 Å². The van der Waals surface area contributed by atoms with Gasteiger partial charge in [0.05, 0.1) is 11.9 Å². The van der Waals surface area contributed by atoms with Gasteiger partial charge in [0.1, 0.15) is 0 Å². The Balaban J connectivity index is 2.09. The van der Waals surface area contributed by atoms with Gasteiger partial charge in [-0.1, -0.05) is 0 Å². The first-order valence-corrected chi connectivity index (χ1v) is 4.95. The maximum absolute atomic E-state index is 13.0. The number of nitrogens with zero attached hydrogens (tertiary/aromatic N) is 2. The topological polar surface area (TPSA) is 50.1 Å². The molecule has 1 aromatic heterocycles. The number of aromatic nitrogens is 2. The number of hydrogen-bond acceptors (Lipinski definition) is 3. The second kappa shape index (κ2) is 4.40. The Hall–Kier alpha value is -2.11. The molecule has 0 atom stereocenters. The summed E-state index contributed by atoms with van der Waals surface area (Å²) >= 11 is 0. The molecule has 1 heterocycles. The summed E-state index contributed by atoms with van der Waals surface area (Å²) in [7, 11) is 1.77. The standard InChI is InChI=1S/C11H11F2N3O/c1-16-6-8(5-15-16)14-4-7-2-9(12)11(17)10(13)3-7/h2-3,5-6,14,17H,4H2,1H3. The third kappa shape index (κ3) is 2.52. The van der Waals surface area contributed by atoms with Gasteiger partial charge >= 0.3 is 0 Å². The Morgan fingerprint density at radius 2 is 2.00 bits per heavy atom. The minimum Gasteiger partial charge on any atom is -0.503 e. The van der Waals surface area contributed by atoms with Crippen molar-refractivity contribution in [2.45, 2.75) is 6.54 Å². The summed E-state index contributed by atoms with van der Waals surface area (Å²) in [4.78, 5) is 0. The Labute approximate surface area is 96.5 Å². The quantitative estimate of drug-likeness (QED) is 0.861. The first kappa shape index (κ1) is 11.4. The Morgan fingerprint density at radius 1 is 1.35 bits per heavy atom. The van der Waals surface area contributed by atoms with Crippen LogP contribution in [-0.4, -0.2) is 14.9 Å². The molecule has 2 rings (SSSR count). The van der Waals surface area contributed by atoms with Gasteiger partial charge in [-0.2, -0.15) is 5.10 Å². The van der Waals surface area contributed by atoms with Gasteiger partial charge in [-0.15, -0.1) is 0 Å². The fourth-order valence-electron chi connectivity index (χ4n) is 1.44. The number of nitrogens with one attached hydrogen (secondary N) is 1. The van der Waals surface area contributed by atoms with E-state index in [9.17, 15) is 8.78 Å². The number of halogens is 2. The second-order valence-electron chi connectivity index (χ2n) is 3.66. The van der Waals surface area contributed by atoms with E-state index in [0.717, 1.165) is 17.8 Å².